The van der Waals surface area contributed by atoms with Crippen molar-refractivity contribution in [1.82, 2.24) is 10.3 Å². The highest BCUT2D eigenvalue weighted by Crippen LogP contribution is 2.22. The van der Waals surface area contributed by atoms with Crippen molar-refractivity contribution in [3.05, 3.63) is 42.2 Å². The summed E-state index contributed by atoms with van der Waals surface area (Å²) in [5.41, 5.74) is -0.00924. The van der Waals surface area contributed by atoms with E-state index in [9.17, 15) is 5.11 Å². The third-order valence-electron chi connectivity index (χ3n) is 4.00. The number of benzene rings is 1. The van der Waals surface area contributed by atoms with Crippen LogP contribution in [0, 0.1) is 0 Å². The van der Waals surface area contributed by atoms with Crippen molar-refractivity contribution >= 4 is 10.8 Å². The Bertz CT molecular complexity index is 565. The van der Waals surface area contributed by atoms with Crippen LogP contribution in [-0.2, 0) is 6.54 Å². The van der Waals surface area contributed by atoms with Crippen LogP contribution in [0.2, 0.25) is 0 Å². The standard InChI is InChI=1S/C16H22N2O/c1-15(2,16(3,4)19)18-11-13-10-17-9-12-7-5-6-8-14(12)13/h5-10,18-19H,11H2,1-4H3. The summed E-state index contributed by atoms with van der Waals surface area (Å²) in [6.07, 6.45) is 3.76. The predicted octanol–water partition coefficient (Wildman–Crippen LogP) is 2.87. The van der Waals surface area contributed by atoms with Gasteiger partial charge >= 0.3 is 0 Å². The highest BCUT2D eigenvalue weighted by atomic mass is 16.3. The lowest BCUT2D eigenvalue weighted by atomic mass is 9.86. The monoisotopic (exact) mass is 258 g/mol. The summed E-state index contributed by atoms with van der Waals surface area (Å²) in [5, 5.41) is 15.9. The van der Waals surface area contributed by atoms with E-state index in [-0.39, 0.29) is 5.54 Å². The third-order valence-corrected chi connectivity index (χ3v) is 4.00. The zero-order chi connectivity index (χ0) is 14.1. The topological polar surface area (TPSA) is 45.1 Å². The van der Waals surface area contributed by atoms with Crippen LogP contribution in [0.1, 0.15) is 33.3 Å². The SMILES string of the molecule is CC(C)(O)C(C)(C)NCc1cncc2ccccc12. The van der Waals surface area contributed by atoms with E-state index < -0.39 is 5.60 Å². The van der Waals surface area contributed by atoms with Gasteiger partial charge in [0.15, 0.2) is 0 Å². The van der Waals surface area contributed by atoms with Gasteiger partial charge in [-0.05, 0) is 38.6 Å². The Morgan fingerprint density at radius 1 is 1.11 bits per heavy atom. The fourth-order valence-electron chi connectivity index (χ4n) is 1.85. The van der Waals surface area contributed by atoms with Gasteiger partial charge in [-0.15, -0.1) is 0 Å². The van der Waals surface area contributed by atoms with Crippen LogP contribution in [-0.4, -0.2) is 21.2 Å². The fourth-order valence-corrected chi connectivity index (χ4v) is 1.85. The van der Waals surface area contributed by atoms with Crippen molar-refractivity contribution in [3.63, 3.8) is 0 Å². The number of hydrogen-bond acceptors (Lipinski definition) is 3. The number of nitrogens with zero attached hydrogens (tertiary/aromatic N) is 1. The molecule has 0 saturated carbocycles. The smallest absolute Gasteiger partial charge is 0.0767 e. The summed E-state index contributed by atoms with van der Waals surface area (Å²) >= 11 is 0. The summed E-state index contributed by atoms with van der Waals surface area (Å²) in [4.78, 5) is 4.27. The minimum absolute atomic E-state index is 0.371. The second-order valence-electron chi connectivity index (χ2n) is 6.06. The molecule has 0 saturated heterocycles. The Morgan fingerprint density at radius 2 is 1.79 bits per heavy atom. The van der Waals surface area contributed by atoms with E-state index in [0.717, 1.165) is 10.9 Å². The fraction of sp³-hybridized carbons (Fsp3) is 0.438. The Balaban J connectivity index is 2.23. The maximum absolute atomic E-state index is 10.2. The number of aromatic nitrogens is 1. The largest absolute Gasteiger partial charge is 0.389 e. The van der Waals surface area contributed by atoms with E-state index in [2.05, 4.69) is 22.4 Å². The molecule has 1 aromatic heterocycles. The number of pyridine rings is 1. The molecule has 1 aromatic carbocycles. The molecule has 3 heteroatoms. The first-order chi connectivity index (χ1) is 8.81. The zero-order valence-electron chi connectivity index (χ0n) is 12.1. The average molecular weight is 258 g/mol. The molecule has 0 unspecified atom stereocenters. The van der Waals surface area contributed by atoms with Crippen LogP contribution in [0.5, 0.6) is 0 Å². The Morgan fingerprint density at radius 3 is 2.47 bits per heavy atom. The average Bonchev–Trinajstić information content (AvgIpc) is 2.35. The van der Waals surface area contributed by atoms with E-state index >= 15 is 0 Å². The van der Waals surface area contributed by atoms with Crippen molar-refractivity contribution in [3.8, 4) is 0 Å². The van der Waals surface area contributed by atoms with Crippen molar-refractivity contribution in [2.45, 2.75) is 45.4 Å². The van der Waals surface area contributed by atoms with Gasteiger partial charge in [-0.3, -0.25) is 4.98 Å². The molecule has 1 heterocycles. The van der Waals surface area contributed by atoms with Gasteiger partial charge in [0.1, 0.15) is 0 Å². The normalized spacial score (nSPS) is 12.9. The number of rotatable bonds is 4. The Kier molecular flexibility index (Phi) is 3.61. The lowest BCUT2D eigenvalue weighted by molar-refractivity contribution is -0.00528. The second kappa shape index (κ2) is 4.91. The van der Waals surface area contributed by atoms with Gasteiger partial charge in [-0.1, -0.05) is 24.3 Å². The minimum Gasteiger partial charge on any atom is -0.389 e. The van der Waals surface area contributed by atoms with Crippen LogP contribution in [0.4, 0.5) is 0 Å². The summed E-state index contributed by atoms with van der Waals surface area (Å²) in [5.74, 6) is 0. The van der Waals surface area contributed by atoms with E-state index in [1.54, 1.807) is 0 Å². The van der Waals surface area contributed by atoms with Crippen LogP contribution >= 0.6 is 0 Å². The quantitative estimate of drug-likeness (QED) is 0.886. The van der Waals surface area contributed by atoms with Crippen molar-refractivity contribution in [2.75, 3.05) is 0 Å². The van der Waals surface area contributed by atoms with Gasteiger partial charge in [-0.2, -0.15) is 0 Å². The van der Waals surface area contributed by atoms with Crippen LogP contribution in [0.3, 0.4) is 0 Å². The summed E-state index contributed by atoms with van der Waals surface area (Å²) < 4.78 is 0. The first-order valence-corrected chi connectivity index (χ1v) is 6.60. The molecule has 0 atom stereocenters. The number of nitrogens with one attached hydrogen (secondary N) is 1. The van der Waals surface area contributed by atoms with E-state index in [4.69, 9.17) is 0 Å². The van der Waals surface area contributed by atoms with Crippen molar-refractivity contribution in [1.29, 1.82) is 0 Å². The predicted molar refractivity (Wildman–Crippen MR) is 79.0 cm³/mol. The lowest BCUT2D eigenvalue weighted by Crippen LogP contribution is -2.55. The third kappa shape index (κ3) is 2.94. The second-order valence-corrected chi connectivity index (χ2v) is 6.06. The molecule has 3 nitrogen and oxygen atoms in total. The summed E-state index contributed by atoms with van der Waals surface area (Å²) in [6.45, 7) is 8.34. The maximum Gasteiger partial charge on any atom is 0.0767 e. The van der Waals surface area contributed by atoms with Gasteiger partial charge in [-0.25, -0.2) is 0 Å². The van der Waals surface area contributed by atoms with Gasteiger partial charge in [0, 0.05) is 29.9 Å². The Hall–Kier alpha value is -1.45. The number of hydrogen-bond donors (Lipinski definition) is 2. The molecule has 0 spiro atoms. The van der Waals surface area contributed by atoms with Crippen molar-refractivity contribution in [2.24, 2.45) is 0 Å². The summed E-state index contributed by atoms with van der Waals surface area (Å²) in [6, 6.07) is 8.22. The minimum atomic E-state index is -0.787. The molecule has 0 aliphatic rings. The van der Waals surface area contributed by atoms with E-state index in [1.807, 2.05) is 52.2 Å². The molecule has 19 heavy (non-hydrogen) atoms. The van der Waals surface area contributed by atoms with Gasteiger partial charge in [0.2, 0.25) is 0 Å². The maximum atomic E-state index is 10.2. The molecule has 0 fully saturated rings. The molecule has 102 valence electrons. The summed E-state index contributed by atoms with van der Waals surface area (Å²) in [7, 11) is 0. The molecule has 0 aliphatic heterocycles. The molecule has 0 amide bonds. The molecule has 0 radical (unpaired) electrons. The van der Waals surface area contributed by atoms with Crippen LogP contribution < -0.4 is 5.32 Å². The molecule has 0 bridgehead atoms. The van der Waals surface area contributed by atoms with E-state index in [0.29, 0.717) is 6.54 Å². The van der Waals surface area contributed by atoms with E-state index in [1.165, 1.54) is 5.39 Å². The first-order valence-electron chi connectivity index (χ1n) is 6.60. The van der Waals surface area contributed by atoms with Crippen molar-refractivity contribution < 1.29 is 5.11 Å². The van der Waals surface area contributed by atoms with Gasteiger partial charge in [0.05, 0.1) is 5.60 Å². The Labute approximate surface area is 114 Å². The molecule has 2 N–H and O–H groups in total. The highest BCUT2D eigenvalue weighted by molar-refractivity contribution is 5.84. The lowest BCUT2D eigenvalue weighted by Gasteiger charge is -2.38. The van der Waals surface area contributed by atoms with Crippen LogP contribution in [0.25, 0.3) is 10.8 Å². The number of fused-ring (bicyclic) bond motifs is 1. The highest BCUT2D eigenvalue weighted by Gasteiger charge is 2.34. The van der Waals surface area contributed by atoms with Gasteiger partial charge < -0.3 is 10.4 Å². The molecule has 2 aromatic rings. The molecular weight excluding hydrogens is 236 g/mol. The molecule has 2 rings (SSSR count). The molecular formula is C16H22N2O. The van der Waals surface area contributed by atoms with Gasteiger partial charge in [0.25, 0.3) is 0 Å². The zero-order valence-corrected chi connectivity index (χ0v) is 12.1. The molecule has 0 aliphatic carbocycles. The van der Waals surface area contributed by atoms with Crippen LogP contribution in [0.15, 0.2) is 36.7 Å². The first kappa shape index (κ1) is 14.0. The number of aliphatic hydroxyl groups is 1.